The van der Waals surface area contributed by atoms with Gasteiger partial charge in [-0.05, 0) is 26.3 Å². The van der Waals surface area contributed by atoms with Crippen molar-refractivity contribution in [1.29, 1.82) is 0 Å². The number of rotatable bonds is 3. The van der Waals surface area contributed by atoms with Gasteiger partial charge in [0.25, 0.3) is 0 Å². The van der Waals surface area contributed by atoms with Crippen LogP contribution in [-0.4, -0.2) is 40.7 Å². The molecule has 1 unspecified atom stereocenters. The zero-order chi connectivity index (χ0) is 14.8. The maximum Gasteiger partial charge on any atom is 0.126 e. The van der Waals surface area contributed by atoms with Gasteiger partial charge in [-0.15, -0.1) is 0 Å². The summed E-state index contributed by atoms with van der Waals surface area (Å²) < 4.78 is 5.65. The van der Waals surface area contributed by atoms with Gasteiger partial charge in [0.1, 0.15) is 5.82 Å². The number of nitrogens with zero attached hydrogens (tertiary/aromatic N) is 2. The molecule has 1 aliphatic heterocycles. The van der Waals surface area contributed by atoms with Crippen molar-refractivity contribution >= 4 is 0 Å². The van der Waals surface area contributed by atoms with E-state index in [1.165, 1.54) is 11.1 Å². The van der Waals surface area contributed by atoms with Crippen molar-refractivity contribution in [2.45, 2.75) is 32.9 Å². The van der Waals surface area contributed by atoms with E-state index in [9.17, 15) is 0 Å². The number of nitrogens with one attached hydrogen (secondary N) is 1. The minimum Gasteiger partial charge on any atom is -0.378 e. The van der Waals surface area contributed by atoms with Gasteiger partial charge in [-0.1, -0.05) is 29.8 Å². The standard InChI is InChI=1S/C17H23N3O/c1-12(2)20-8-9-21-11-16(20)17-18-10-15(19-17)14-6-4-13(3)5-7-14/h4-7,10,12,16H,8-9,11H2,1-3H3,(H,18,19). The molecule has 2 heterocycles. The van der Waals surface area contributed by atoms with E-state index in [0.29, 0.717) is 12.6 Å². The molecule has 1 saturated heterocycles. The number of imidazole rings is 1. The first-order valence-electron chi connectivity index (χ1n) is 7.60. The highest BCUT2D eigenvalue weighted by Crippen LogP contribution is 2.26. The van der Waals surface area contributed by atoms with Crippen molar-refractivity contribution in [3.63, 3.8) is 0 Å². The molecule has 3 rings (SSSR count). The summed E-state index contributed by atoms with van der Waals surface area (Å²) in [7, 11) is 0. The van der Waals surface area contributed by atoms with Gasteiger partial charge in [0.2, 0.25) is 0 Å². The summed E-state index contributed by atoms with van der Waals surface area (Å²) >= 11 is 0. The lowest BCUT2D eigenvalue weighted by molar-refractivity contribution is -0.0262. The van der Waals surface area contributed by atoms with E-state index in [-0.39, 0.29) is 6.04 Å². The quantitative estimate of drug-likeness (QED) is 0.941. The third-order valence-electron chi connectivity index (χ3n) is 4.11. The van der Waals surface area contributed by atoms with Crippen molar-refractivity contribution < 1.29 is 4.74 Å². The highest BCUT2D eigenvalue weighted by molar-refractivity contribution is 5.58. The highest BCUT2D eigenvalue weighted by Gasteiger charge is 2.28. The summed E-state index contributed by atoms with van der Waals surface area (Å²) in [5.74, 6) is 0.999. The molecule has 4 nitrogen and oxygen atoms in total. The van der Waals surface area contributed by atoms with Crippen LogP contribution >= 0.6 is 0 Å². The van der Waals surface area contributed by atoms with Crippen LogP contribution < -0.4 is 0 Å². The molecule has 0 bridgehead atoms. The Morgan fingerprint density at radius 3 is 2.76 bits per heavy atom. The fourth-order valence-corrected chi connectivity index (χ4v) is 2.86. The molecular formula is C17H23N3O. The van der Waals surface area contributed by atoms with E-state index in [4.69, 9.17) is 4.74 Å². The lowest BCUT2D eigenvalue weighted by Crippen LogP contribution is -2.43. The molecule has 0 saturated carbocycles. The summed E-state index contributed by atoms with van der Waals surface area (Å²) in [5.41, 5.74) is 3.51. The first kappa shape index (κ1) is 14.3. The normalized spacial score (nSPS) is 20.1. The third kappa shape index (κ3) is 3.01. The van der Waals surface area contributed by atoms with Crippen LogP contribution in [0.2, 0.25) is 0 Å². The number of H-pyrrole nitrogens is 1. The van der Waals surface area contributed by atoms with E-state index in [1.807, 2.05) is 6.20 Å². The van der Waals surface area contributed by atoms with E-state index in [0.717, 1.165) is 24.7 Å². The van der Waals surface area contributed by atoms with E-state index in [2.05, 4.69) is 59.9 Å². The molecule has 21 heavy (non-hydrogen) atoms. The van der Waals surface area contributed by atoms with Crippen LogP contribution in [0.4, 0.5) is 0 Å². The number of aromatic amines is 1. The Hall–Kier alpha value is -1.65. The Morgan fingerprint density at radius 1 is 1.29 bits per heavy atom. The number of benzene rings is 1. The van der Waals surface area contributed by atoms with Crippen LogP contribution in [0.1, 0.15) is 31.3 Å². The molecule has 0 aliphatic carbocycles. The molecule has 1 aliphatic rings. The van der Waals surface area contributed by atoms with Crippen LogP contribution in [0.25, 0.3) is 11.3 Å². The molecule has 1 aromatic heterocycles. The van der Waals surface area contributed by atoms with Crippen LogP contribution in [0.5, 0.6) is 0 Å². The molecule has 112 valence electrons. The monoisotopic (exact) mass is 285 g/mol. The van der Waals surface area contributed by atoms with Crippen LogP contribution in [0.15, 0.2) is 30.5 Å². The van der Waals surface area contributed by atoms with E-state index >= 15 is 0 Å². The average molecular weight is 285 g/mol. The number of ether oxygens (including phenoxy) is 1. The Balaban J connectivity index is 1.85. The Morgan fingerprint density at radius 2 is 2.05 bits per heavy atom. The van der Waals surface area contributed by atoms with Crippen molar-refractivity contribution in [3.8, 4) is 11.3 Å². The first-order valence-corrected chi connectivity index (χ1v) is 7.60. The minimum absolute atomic E-state index is 0.220. The lowest BCUT2D eigenvalue weighted by Gasteiger charge is -2.37. The second-order valence-electron chi connectivity index (χ2n) is 5.97. The summed E-state index contributed by atoms with van der Waals surface area (Å²) in [4.78, 5) is 10.5. The molecule has 1 fully saturated rings. The molecule has 1 N–H and O–H groups in total. The summed E-state index contributed by atoms with van der Waals surface area (Å²) in [6.45, 7) is 9.02. The zero-order valence-electron chi connectivity index (χ0n) is 13.0. The molecular weight excluding hydrogens is 262 g/mol. The Kier molecular flexibility index (Phi) is 4.08. The predicted octanol–water partition coefficient (Wildman–Crippen LogP) is 3.17. The van der Waals surface area contributed by atoms with Crippen molar-refractivity contribution in [2.24, 2.45) is 0 Å². The first-order chi connectivity index (χ1) is 10.1. The summed E-state index contributed by atoms with van der Waals surface area (Å²) in [6.07, 6.45) is 1.92. The molecule has 2 aromatic rings. The van der Waals surface area contributed by atoms with Gasteiger partial charge in [-0.3, -0.25) is 4.90 Å². The van der Waals surface area contributed by atoms with E-state index < -0.39 is 0 Å². The van der Waals surface area contributed by atoms with Gasteiger partial charge in [0.15, 0.2) is 0 Å². The molecule has 1 atom stereocenters. The van der Waals surface area contributed by atoms with Crippen molar-refractivity contribution in [1.82, 2.24) is 14.9 Å². The second kappa shape index (κ2) is 6.00. The van der Waals surface area contributed by atoms with Gasteiger partial charge >= 0.3 is 0 Å². The zero-order valence-corrected chi connectivity index (χ0v) is 13.0. The molecule has 4 heteroatoms. The Bertz CT molecular complexity index is 588. The van der Waals surface area contributed by atoms with Crippen molar-refractivity contribution in [2.75, 3.05) is 19.8 Å². The van der Waals surface area contributed by atoms with Crippen LogP contribution in [-0.2, 0) is 4.74 Å². The lowest BCUT2D eigenvalue weighted by atomic mass is 10.1. The second-order valence-corrected chi connectivity index (χ2v) is 5.97. The van der Waals surface area contributed by atoms with Gasteiger partial charge in [0, 0.05) is 12.6 Å². The molecule has 0 amide bonds. The smallest absolute Gasteiger partial charge is 0.126 e. The third-order valence-corrected chi connectivity index (χ3v) is 4.11. The van der Waals surface area contributed by atoms with Gasteiger partial charge < -0.3 is 9.72 Å². The molecule has 0 spiro atoms. The maximum absolute atomic E-state index is 5.65. The van der Waals surface area contributed by atoms with Crippen LogP contribution in [0.3, 0.4) is 0 Å². The molecule has 0 radical (unpaired) electrons. The largest absolute Gasteiger partial charge is 0.378 e. The number of hydrogen-bond acceptors (Lipinski definition) is 3. The fourth-order valence-electron chi connectivity index (χ4n) is 2.86. The number of aryl methyl sites for hydroxylation is 1. The summed E-state index contributed by atoms with van der Waals surface area (Å²) in [5, 5.41) is 0. The predicted molar refractivity (Wildman–Crippen MR) is 84.2 cm³/mol. The topological polar surface area (TPSA) is 41.1 Å². The fraction of sp³-hybridized carbons (Fsp3) is 0.471. The SMILES string of the molecule is Cc1ccc(-c2cnc(C3COCCN3C(C)C)[nH]2)cc1. The number of aromatic nitrogens is 2. The van der Waals surface area contributed by atoms with Gasteiger partial charge in [0.05, 0.1) is 31.1 Å². The average Bonchev–Trinajstić information content (AvgIpc) is 2.97. The molecule has 1 aromatic carbocycles. The highest BCUT2D eigenvalue weighted by atomic mass is 16.5. The van der Waals surface area contributed by atoms with Gasteiger partial charge in [-0.25, -0.2) is 4.98 Å². The van der Waals surface area contributed by atoms with Crippen molar-refractivity contribution in [3.05, 3.63) is 41.9 Å². The minimum atomic E-state index is 0.220. The van der Waals surface area contributed by atoms with Crippen LogP contribution in [0, 0.1) is 6.92 Å². The maximum atomic E-state index is 5.65. The Labute approximate surface area is 126 Å². The summed E-state index contributed by atoms with van der Waals surface area (Å²) in [6, 6.07) is 9.22. The van der Waals surface area contributed by atoms with E-state index in [1.54, 1.807) is 0 Å². The number of hydrogen-bond donors (Lipinski definition) is 1. The number of morpholine rings is 1. The van der Waals surface area contributed by atoms with Gasteiger partial charge in [-0.2, -0.15) is 0 Å².